The molecule has 3 heterocycles. The molecule has 0 N–H and O–H groups in total. The number of carbonyl (C=O) groups is 2. The van der Waals surface area contributed by atoms with Crippen molar-refractivity contribution in [1.82, 2.24) is 14.8 Å². The maximum absolute atomic E-state index is 13.3. The van der Waals surface area contributed by atoms with Crippen molar-refractivity contribution in [3.63, 3.8) is 0 Å². The van der Waals surface area contributed by atoms with Crippen molar-refractivity contribution in [3.8, 4) is 11.5 Å². The topological polar surface area (TPSA) is 81.2 Å². The van der Waals surface area contributed by atoms with Crippen molar-refractivity contribution in [2.24, 2.45) is 0 Å². The van der Waals surface area contributed by atoms with Crippen LogP contribution in [0.2, 0.25) is 0 Å². The van der Waals surface area contributed by atoms with E-state index in [1.54, 1.807) is 41.3 Å². The summed E-state index contributed by atoms with van der Waals surface area (Å²) in [6.45, 7) is 2.14. The molecule has 8 heteroatoms. The molecule has 35 heavy (non-hydrogen) atoms. The molecule has 2 aliphatic rings. The van der Waals surface area contributed by atoms with Crippen LogP contribution in [0.25, 0.3) is 0 Å². The van der Waals surface area contributed by atoms with Gasteiger partial charge in [-0.05, 0) is 35.9 Å². The Morgan fingerprint density at radius 2 is 1.89 bits per heavy atom. The SMILES string of the molecule is COc1cc(C(=O)N2CC[C@]3(CN(Cc4ccccc4)C(=O)O3)C2)ccc1OCc1ccccn1. The summed E-state index contributed by atoms with van der Waals surface area (Å²) in [5.74, 6) is 0.880. The molecule has 0 saturated carbocycles. The van der Waals surface area contributed by atoms with Gasteiger partial charge in [0.05, 0.1) is 25.9 Å². The lowest BCUT2D eigenvalue weighted by Crippen LogP contribution is -2.39. The van der Waals surface area contributed by atoms with Crippen LogP contribution < -0.4 is 9.47 Å². The molecular weight excluding hydrogens is 446 g/mol. The average Bonchev–Trinajstić information content (AvgIpc) is 3.44. The van der Waals surface area contributed by atoms with E-state index in [-0.39, 0.29) is 12.0 Å². The first-order valence-corrected chi connectivity index (χ1v) is 11.6. The number of rotatable bonds is 7. The minimum atomic E-state index is -0.669. The van der Waals surface area contributed by atoms with Gasteiger partial charge in [-0.1, -0.05) is 36.4 Å². The Bertz CT molecular complexity index is 1200. The van der Waals surface area contributed by atoms with E-state index in [0.29, 0.717) is 56.3 Å². The van der Waals surface area contributed by atoms with Crippen LogP contribution in [0.4, 0.5) is 4.79 Å². The summed E-state index contributed by atoms with van der Waals surface area (Å²) in [5.41, 5.74) is 1.67. The number of ether oxygens (including phenoxy) is 3. The van der Waals surface area contributed by atoms with Gasteiger partial charge in [-0.3, -0.25) is 14.7 Å². The van der Waals surface area contributed by atoms with E-state index in [4.69, 9.17) is 14.2 Å². The number of likely N-dealkylation sites (tertiary alicyclic amines) is 1. The van der Waals surface area contributed by atoms with Crippen LogP contribution in [0.5, 0.6) is 11.5 Å². The molecule has 0 aliphatic carbocycles. The van der Waals surface area contributed by atoms with Crippen molar-refractivity contribution in [2.75, 3.05) is 26.7 Å². The molecule has 0 bridgehead atoms. The number of aromatic nitrogens is 1. The maximum Gasteiger partial charge on any atom is 0.410 e. The fourth-order valence-electron chi connectivity index (χ4n) is 4.59. The van der Waals surface area contributed by atoms with Gasteiger partial charge in [0.25, 0.3) is 5.91 Å². The molecule has 180 valence electrons. The largest absolute Gasteiger partial charge is 0.493 e. The van der Waals surface area contributed by atoms with Gasteiger partial charge in [0.1, 0.15) is 6.61 Å². The van der Waals surface area contributed by atoms with Crippen LogP contribution >= 0.6 is 0 Å². The normalized spacial score (nSPS) is 19.2. The zero-order valence-electron chi connectivity index (χ0n) is 19.6. The van der Waals surface area contributed by atoms with E-state index >= 15 is 0 Å². The van der Waals surface area contributed by atoms with Gasteiger partial charge in [-0.25, -0.2) is 4.79 Å². The van der Waals surface area contributed by atoms with E-state index in [9.17, 15) is 9.59 Å². The highest BCUT2D eigenvalue weighted by Crippen LogP contribution is 2.35. The number of pyridine rings is 1. The van der Waals surface area contributed by atoms with E-state index in [0.717, 1.165) is 11.3 Å². The second-order valence-electron chi connectivity index (χ2n) is 8.84. The van der Waals surface area contributed by atoms with E-state index in [1.807, 2.05) is 48.5 Å². The summed E-state index contributed by atoms with van der Waals surface area (Å²) in [6, 6.07) is 20.6. The monoisotopic (exact) mass is 473 g/mol. The molecule has 2 aliphatic heterocycles. The quantitative estimate of drug-likeness (QED) is 0.518. The smallest absolute Gasteiger partial charge is 0.410 e. The Balaban J connectivity index is 1.23. The van der Waals surface area contributed by atoms with Crippen molar-refractivity contribution in [2.45, 2.75) is 25.2 Å². The summed E-state index contributed by atoms with van der Waals surface area (Å²) >= 11 is 0. The molecule has 2 amide bonds. The molecule has 1 atom stereocenters. The summed E-state index contributed by atoms with van der Waals surface area (Å²) in [6.07, 6.45) is 1.99. The number of hydrogen-bond acceptors (Lipinski definition) is 6. The lowest BCUT2D eigenvalue weighted by atomic mass is 10.0. The average molecular weight is 474 g/mol. The first-order valence-electron chi connectivity index (χ1n) is 11.6. The third-order valence-electron chi connectivity index (χ3n) is 6.37. The van der Waals surface area contributed by atoms with Crippen molar-refractivity contribution >= 4 is 12.0 Å². The van der Waals surface area contributed by atoms with Gasteiger partial charge in [-0.15, -0.1) is 0 Å². The zero-order valence-corrected chi connectivity index (χ0v) is 19.6. The van der Waals surface area contributed by atoms with Crippen LogP contribution in [0, 0.1) is 0 Å². The Morgan fingerprint density at radius 3 is 2.66 bits per heavy atom. The fraction of sp³-hybridized carbons (Fsp3) is 0.296. The van der Waals surface area contributed by atoms with Gasteiger partial charge in [0.15, 0.2) is 17.1 Å². The second-order valence-corrected chi connectivity index (χ2v) is 8.84. The molecule has 0 unspecified atom stereocenters. The molecule has 0 radical (unpaired) electrons. The summed E-state index contributed by atoms with van der Waals surface area (Å²) < 4.78 is 17.1. The Kier molecular flexibility index (Phi) is 6.27. The fourth-order valence-corrected chi connectivity index (χ4v) is 4.59. The standard InChI is InChI=1S/C27H27N3O5/c1-33-24-15-21(10-11-23(24)34-17-22-9-5-6-13-28-22)25(31)29-14-12-27(18-29)19-30(26(32)35-27)16-20-7-3-2-4-8-20/h2-11,13,15H,12,14,16-19H2,1H3/t27-/m1/s1. The summed E-state index contributed by atoms with van der Waals surface area (Å²) in [4.78, 5) is 33.5. The van der Waals surface area contributed by atoms with Gasteiger partial charge in [0, 0.05) is 31.3 Å². The van der Waals surface area contributed by atoms with Gasteiger partial charge < -0.3 is 19.1 Å². The molecule has 2 aromatic carbocycles. The molecule has 5 rings (SSSR count). The number of carbonyl (C=O) groups excluding carboxylic acids is 2. The minimum absolute atomic E-state index is 0.131. The Hall–Kier alpha value is -4.07. The molecule has 1 spiro atoms. The van der Waals surface area contributed by atoms with Crippen molar-refractivity contribution in [3.05, 3.63) is 89.7 Å². The van der Waals surface area contributed by atoms with E-state index in [2.05, 4.69) is 4.98 Å². The lowest BCUT2D eigenvalue weighted by Gasteiger charge is -2.22. The highest BCUT2D eigenvalue weighted by Gasteiger charge is 2.50. The molecule has 2 saturated heterocycles. The minimum Gasteiger partial charge on any atom is -0.493 e. The highest BCUT2D eigenvalue weighted by molar-refractivity contribution is 5.95. The van der Waals surface area contributed by atoms with Gasteiger partial charge in [0.2, 0.25) is 0 Å². The van der Waals surface area contributed by atoms with Gasteiger partial charge >= 0.3 is 6.09 Å². The predicted octanol–water partition coefficient (Wildman–Crippen LogP) is 3.91. The van der Waals surface area contributed by atoms with Gasteiger partial charge in [-0.2, -0.15) is 0 Å². The Labute approximate surface area is 204 Å². The molecular formula is C27H27N3O5. The van der Waals surface area contributed by atoms with Crippen LogP contribution in [0.15, 0.2) is 72.9 Å². The molecule has 2 fully saturated rings. The summed E-state index contributed by atoms with van der Waals surface area (Å²) in [5, 5.41) is 0. The highest BCUT2D eigenvalue weighted by atomic mass is 16.6. The second kappa shape index (κ2) is 9.66. The first kappa shape index (κ1) is 22.7. The van der Waals surface area contributed by atoms with Crippen LogP contribution in [-0.4, -0.2) is 59.1 Å². The lowest BCUT2D eigenvalue weighted by molar-refractivity contribution is 0.0552. The Morgan fingerprint density at radius 1 is 1.06 bits per heavy atom. The molecule has 8 nitrogen and oxygen atoms in total. The number of hydrogen-bond donors (Lipinski definition) is 0. The number of methoxy groups -OCH3 is 1. The maximum atomic E-state index is 13.3. The van der Waals surface area contributed by atoms with E-state index in [1.165, 1.54) is 0 Å². The predicted molar refractivity (Wildman–Crippen MR) is 128 cm³/mol. The molecule has 3 aromatic rings. The zero-order chi connectivity index (χ0) is 24.3. The summed E-state index contributed by atoms with van der Waals surface area (Å²) in [7, 11) is 1.54. The van der Waals surface area contributed by atoms with Crippen LogP contribution in [-0.2, 0) is 17.9 Å². The number of amides is 2. The van der Waals surface area contributed by atoms with Crippen molar-refractivity contribution < 1.29 is 23.8 Å². The van der Waals surface area contributed by atoms with Crippen LogP contribution in [0.3, 0.4) is 0 Å². The first-order chi connectivity index (χ1) is 17.0. The number of nitrogens with zero attached hydrogens (tertiary/aromatic N) is 3. The van der Waals surface area contributed by atoms with E-state index < -0.39 is 5.60 Å². The van der Waals surface area contributed by atoms with Crippen molar-refractivity contribution in [1.29, 1.82) is 0 Å². The van der Waals surface area contributed by atoms with Crippen LogP contribution in [0.1, 0.15) is 28.0 Å². The molecule has 1 aromatic heterocycles. The third-order valence-corrected chi connectivity index (χ3v) is 6.37. The number of benzene rings is 2. The third kappa shape index (κ3) is 4.91.